The van der Waals surface area contributed by atoms with E-state index in [0.717, 1.165) is 38.8 Å². The van der Waals surface area contributed by atoms with Crippen molar-refractivity contribution in [3.05, 3.63) is 143 Å². The van der Waals surface area contributed by atoms with Gasteiger partial charge in [0, 0.05) is 60.5 Å². The van der Waals surface area contributed by atoms with Crippen LogP contribution in [-0.4, -0.2) is 46.9 Å². The summed E-state index contributed by atoms with van der Waals surface area (Å²) in [6, 6.07) is 31.6. The number of nitrogens with one attached hydrogen (secondary N) is 2. The first-order valence-electron chi connectivity index (χ1n) is 19.0. The van der Waals surface area contributed by atoms with E-state index in [0.29, 0.717) is 0 Å². The van der Waals surface area contributed by atoms with Gasteiger partial charge in [0.05, 0.1) is 11.1 Å². The van der Waals surface area contributed by atoms with Crippen LogP contribution in [0.15, 0.2) is 110 Å². The van der Waals surface area contributed by atoms with Crippen LogP contribution in [0.1, 0.15) is 46.2 Å². The van der Waals surface area contributed by atoms with Crippen molar-refractivity contribution in [2.75, 3.05) is 0 Å². The first-order valence-corrected chi connectivity index (χ1v) is 21.8. The molecule has 2 aliphatic rings. The number of hydrogen-bond donors (Lipinski definition) is 2. The second-order valence-electron chi connectivity index (χ2n) is 14.5. The lowest BCUT2D eigenvalue weighted by Gasteiger charge is -2.14. The molecule has 0 saturated carbocycles. The molecule has 0 aliphatic carbocycles. The van der Waals surface area contributed by atoms with Gasteiger partial charge in [-0.3, -0.25) is 0 Å². The van der Waals surface area contributed by atoms with Crippen LogP contribution in [0.5, 0.6) is 0 Å². The van der Waals surface area contributed by atoms with Crippen LogP contribution >= 0.6 is 0 Å². The number of aryl methyl sites for hydroxylation is 4. The van der Waals surface area contributed by atoms with E-state index < -0.39 is 31.3 Å². The van der Waals surface area contributed by atoms with E-state index in [-0.39, 0.29) is 0 Å². The molecule has 7 aromatic rings. The van der Waals surface area contributed by atoms with Crippen molar-refractivity contribution in [3.63, 3.8) is 0 Å². The second-order valence-corrected chi connectivity index (χ2v) is 17.3. The average molecular weight is 895 g/mol. The Kier molecular flexibility index (Phi) is 12.3. The summed E-state index contributed by atoms with van der Waals surface area (Å²) >= 11 is 0. The Morgan fingerprint density at radius 2 is 0.871 bits per heavy atom. The molecular weight excluding hydrogens is 859 g/mol. The molecule has 322 valence electrons. The SMILES string of the molecule is C(=C\c1ccc2[nH]ccc2c1)/c1cc[n+]2c(c1)-c1c(ccc3c1-c1cc(/C=C/c4ccc5[nH]ccc5c4)cc[n+]1CCC3)CCC2.O=S(=O)([O-])C(F)(F)F.O=S(=O)([O-])C(F)(F)F. The smallest absolute Gasteiger partial charge is 0.485 e. The summed E-state index contributed by atoms with van der Waals surface area (Å²) in [7, 11) is -12.2. The van der Waals surface area contributed by atoms with Gasteiger partial charge in [0.1, 0.15) is 13.1 Å². The monoisotopic (exact) mass is 894 g/mol. The van der Waals surface area contributed by atoms with Crippen molar-refractivity contribution < 1.29 is 61.4 Å². The highest BCUT2D eigenvalue weighted by atomic mass is 32.2. The minimum Gasteiger partial charge on any atom is -0.741 e. The highest BCUT2D eigenvalue weighted by Crippen LogP contribution is 2.39. The van der Waals surface area contributed by atoms with Gasteiger partial charge in [0.15, 0.2) is 32.6 Å². The van der Waals surface area contributed by atoms with Gasteiger partial charge in [-0.15, -0.1) is 0 Å². The summed E-state index contributed by atoms with van der Waals surface area (Å²) in [5.41, 5.74) is 4.30. The Morgan fingerprint density at radius 1 is 0.516 bits per heavy atom. The molecule has 0 fully saturated rings. The van der Waals surface area contributed by atoms with Crippen LogP contribution in [0.3, 0.4) is 0 Å². The summed E-state index contributed by atoms with van der Waals surface area (Å²) in [6.45, 7) is 2.06. The van der Waals surface area contributed by atoms with Gasteiger partial charge in [-0.2, -0.15) is 35.5 Å². The zero-order chi connectivity index (χ0) is 44.5. The van der Waals surface area contributed by atoms with E-state index in [1.54, 1.807) is 0 Å². The van der Waals surface area contributed by atoms with Crippen molar-refractivity contribution in [1.82, 2.24) is 9.97 Å². The van der Waals surface area contributed by atoms with Crippen molar-refractivity contribution in [1.29, 1.82) is 0 Å². The van der Waals surface area contributed by atoms with Gasteiger partial charge in [0.2, 0.25) is 11.4 Å². The number of benzene rings is 3. The molecule has 3 aromatic carbocycles. The van der Waals surface area contributed by atoms with Gasteiger partial charge in [0.25, 0.3) is 0 Å². The van der Waals surface area contributed by atoms with Crippen molar-refractivity contribution in [2.45, 2.75) is 49.8 Å². The quantitative estimate of drug-likeness (QED) is 0.0779. The third-order valence-electron chi connectivity index (χ3n) is 10.4. The number of aromatic amines is 2. The average Bonchev–Trinajstić information content (AvgIpc) is 3.79. The molecule has 2 N–H and O–H groups in total. The lowest BCUT2D eigenvalue weighted by molar-refractivity contribution is -0.687. The third kappa shape index (κ3) is 9.99. The first-order chi connectivity index (χ1) is 29.2. The largest absolute Gasteiger partial charge is 0.741 e. The molecule has 0 atom stereocenters. The van der Waals surface area contributed by atoms with Crippen LogP contribution < -0.4 is 9.13 Å². The molecule has 0 radical (unpaired) electrons. The number of aromatic nitrogens is 4. The van der Waals surface area contributed by atoms with E-state index in [9.17, 15) is 26.3 Å². The van der Waals surface area contributed by atoms with E-state index in [2.05, 4.69) is 141 Å². The molecule has 0 spiro atoms. The number of H-pyrrole nitrogens is 2. The number of nitrogens with zero attached hydrogens (tertiary/aromatic N) is 2. The lowest BCUT2D eigenvalue weighted by atomic mass is 9.88. The Bertz CT molecular complexity index is 2880. The van der Waals surface area contributed by atoms with Crippen LogP contribution in [0.2, 0.25) is 0 Å². The minimum absolute atomic E-state index is 1.03. The molecule has 4 aromatic heterocycles. The summed E-state index contributed by atoms with van der Waals surface area (Å²) < 4.78 is 123. The molecule has 6 heterocycles. The molecule has 9 rings (SSSR count). The molecule has 10 nitrogen and oxygen atoms in total. The Balaban J connectivity index is 0.000000309. The fourth-order valence-corrected chi connectivity index (χ4v) is 7.43. The number of halogens is 6. The molecule has 0 unspecified atom stereocenters. The van der Waals surface area contributed by atoms with Crippen LogP contribution in [0.25, 0.3) is 68.6 Å². The van der Waals surface area contributed by atoms with Crippen molar-refractivity contribution >= 4 is 66.3 Å². The number of rotatable bonds is 4. The van der Waals surface area contributed by atoms with Crippen LogP contribution in [-0.2, 0) is 46.2 Å². The van der Waals surface area contributed by atoms with Crippen molar-refractivity contribution in [2.24, 2.45) is 0 Å². The fraction of sp³-hybridized carbons (Fsp3) is 0.182. The van der Waals surface area contributed by atoms with Crippen LogP contribution in [0.4, 0.5) is 26.3 Å². The molecule has 62 heavy (non-hydrogen) atoms. The summed E-state index contributed by atoms with van der Waals surface area (Å²) in [5, 5.41) is 2.48. The number of fused-ring (bicyclic) bond motifs is 9. The highest BCUT2D eigenvalue weighted by molar-refractivity contribution is 7.86. The summed E-state index contributed by atoms with van der Waals surface area (Å²) in [6.07, 6.45) is 22.1. The Labute approximate surface area is 352 Å². The van der Waals surface area contributed by atoms with Crippen LogP contribution in [0, 0.1) is 0 Å². The predicted octanol–water partition coefficient (Wildman–Crippen LogP) is 8.89. The van der Waals surface area contributed by atoms with Gasteiger partial charge >= 0.3 is 11.0 Å². The lowest BCUT2D eigenvalue weighted by Crippen LogP contribution is -2.36. The van der Waals surface area contributed by atoms with Crippen molar-refractivity contribution in [3.8, 4) is 22.5 Å². The second kappa shape index (κ2) is 17.4. The first kappa shape index (κ1) is 44.0. The number of hydrogen-bond acceptors (Lipinski definition) is 6. The van der Waals surface area contributed by atoms with Gasteiger partial charge < -0.3 is 19.1 Å². The fourth-order valence-electron chi connectivity index (χ4n) is 7.43. The molecule has 0 bridgehead atoms. The normalized spacial score (nSPS) is 14.2. The molecule has 18 heteroatoms. The molecule has 0 saturated heterocycles. The van der Waals surface area contributed by atoms with Gasteiger partial charge in [-0.05, 0) is 93.4 Å². The van der Waals surface area contributed by atoms with E-state index in [1.807, 2.05) is 12.4 Å². The Hall–Kier alpha value is -6.08. The highest BCUT2D eigenvalue weighted by Gasteiger charge is 2.37. The van der Waals surface area contributed by atoms with E-state index in [1.165, 1.54) is 77.7 Å². The van der Waals surface area contributed by atoms with Gasteiger partial charge in [-0.1, -0.05) is 48.6 Å². The maximum absolute atomic E-state index is 10.7. The standard InChI is InChI=1S/C42H34N4.2CHF3O3S/c1-3-33-11-12-34-4-2-22-46-24-18-32(8-6-30-10-14-38-36(26-30)16-20-44-38)28-40(46)42(34)41(33)39-27-31(17-23-45(39)21-1)7-5-29-9-13-37-35(25-29)15-19-43-37;2*2-1(3,4)8(5,6)7/h5-20,23-28H,1-4,21-22H2;2*(H,5,6,7). The summed E-state index contributed by atoms with van der Waals surface area (Å²) in [4.78, 5) is 6.59. The number of pyridine rings is 2. The Morgan fingerprint density at radius 3 is 1.23 bits per heavy atom. The third-order valence-corrected chi connectivity index (χ3v) is 11.5. The molecule has 0 amide bonds. The van der Waals surface area contributed by atoms with E-state index in [4.69, 9.17) is 25.9 Å². The molecule has 2 aliphatic heterocycles. The van der Waals surface area contributed by atoms with Gasteiger partial charge in [-0.25, -0.2) is 16.8 Å². The molecular formula is C44H36F6N4O6S2. The maximum atomic E-state index is 10.7. The minimum atomic E-state index is -6.09. The number of alkyl halides is 6. The maximum Gasteiger partial charge on any atom is 0.485 e. The van der Waals surface area contributed by atoms with E-state index >= 15 is 0 Å². The zero-order valence-electron chi connectivity index (χ0n) is 32.4. The topological polar surface area (TPSA) is 154 Å². The summed E-state index contributed by atoms with van der Waals surface area (Å²) in [5.74, 6) is 0. The predicted molar refractivity (Wildman–Crippen MR) is 220 cm³/mol. The zero-order valence-corrected chi connectivity index (χ0v) is 34.0.